The molecule has 1 aromatic carbocycles. The van der Waals surface area contributed by atoms with Crippen LogP contribution in [0, 0.1) is 12.8 Å². The van der Waals surface area contributed by atoms with Crippen molar-refractivity contribution < 1.29 is 19.4 Å². The number of rotatable bonds is 2. The van der Waals surface area contributed by atoms with E-state index >= 15 is 0 Å². The lowest BCUT2D eigenvalue weighted by molar-refractivity contribution is -0.141. The van der Waals surface area contributed by atoms with Crippen LogP contribution in [0.2, 0.25) is 0 Å². The van der Waals surface area contributed by atoms with Gasteiger partial charge in [-0.2, -0.15) is 0 Å². The van der Waals surface area contributed by atoms with Gasteiger partial charge in [-0.25, -0.2) is 0 Å². The lowest BCUT2D eigenvalue weighted by atomic mass is 9.94. The van der Waals surface area contributed by atoms with Gasteiger partial charge in [0.2, 0.25) is 5.91 Å². The van der Waals surface area contributed by atoms with E-state index in [1.165, 1.54) is 0 Å². The molecule has 0 aliphatic carbocycles. The van der Waals surface area contributed by atoms with Gasteiger partial charge in [-0.05, 0) is 31.9 Å². The number of carbonyl (C=O) groups is 2. The molecule has 3 rings (SSSR count). The number of hydrogen-bond donors (Lipinski definition) is 1. The van der Waals surface area contributed by atoms with Gasteiger partial charge in [-0.3, -0.25) is 9.59 Å². The Bertz CT molecular complexity index is 617. The molecule has 24 heavy (non-hydrogen) atoms. The van der Waals surface area contributed by atoms with E-state index in [-0.39, 0.29) is 23.5 Å². The Morgan fingerprint density at radius 1 is 1.08 bits per heavy atom. The Kier molecular flexibility index (Phi) is 5.04. The van der Waals surface area contributed by atoms with E-state index < -0.39 is 0 Å². The van der Waals surface area contributed by atoms with E-state index in [9.17, 15) is 14.7 Å². The predicted octanol–water partition coefficient (Wildman–Crippen LogP) is 1.41. The number of phenolic OH excluding ortho intramolecular Hbond substituents is 1. The summed E-state index contributed by atoms with van der Waals surface area (Å²) in [7, 11) is 0. The number of likely N-dealkylation sites (tertiary alicyclic amines) is 1. The molecule has 6 nitrogen and oxygen atoms in total. The molecule has 0 atom stereocenters. The maximum absolute atomic E-state index is 12.6. The topological polar surface area (TPSA) is 70.1 Å². The van der Waals surface area contributed by atoms with E-state index in [0.29, 0.717) is 57.8 Å². The van der Waals surface area contributed by atoms with Crippen LogP contribution >= 0.6 is 0 Å². The van der Waals surface area contributed by atoms with Crippen molar-refractivity contribution >= 4 is 11.8 Å². The number of aromatic hydroxyl groups is 1. The number of aryl methyl sites for hydroxylation is 1. The standard InChI is InChI=1S/C18H24N2O4/c1-13-2-3-16(21)15(12-13)18(23)19-6-4-14(5-7-19)17(22)20-8-10-24-11-9-20/h2-3,12,14,21H,4-11H2,1H3. The Morgan fingerprint density at radius 2 is 1.75 bits per heavy atom. The van der Waals surface area contributed by atoms with Gasteiger partial charge in [0.15, 0.2) is 0 Å². The van der Waals surface area contributed by atoms with Gasteiger partial charge < -0.3 is 19.6 Å². The summed E-state index contributed by atoms with van der Waals surface area (Å²) in [6.45, 7) is 5.53. The zero-order chi connectivity index (χ0) is 17.1. The van der Waals surface area contributed by atoms with Crippen molar-refractivity contribution in [3.05, 3.63) is 29.3 Å². The number of piperidine rings is 1. The fourth-order valence-electron chi connectivity index (χ4n) is 3.36. The maximum Gasteiger partial charge on any atom is 0.257 e. The fraction of sp³-hybridized carbons (Fsp3) is 0.556. The number of ether oxygens (including phenoxy) is 1. The zero-order valence-corrected chi connectivity index (χ0v) is 14.0. The third-order valence-electron chi connectivity index (χ3n) is 4.84. The Morgan fingerprint density at radius 3 is 2.42 bits per heavy atom. The monoisotopic (exact) mass is 332 g/mol. The summed E-state index contributed by atoms with van der Waals surface area (Å²) < 4.78 is 5.29. The van der Waals surface area contributed by atoms with Gasteiger partial charge in [0, 0.05) is 32.1 Å². The van der Waals surface area contributed by atoms with Crippen molar-refractivity contribution in [2.24, 2.45) is 5.92 Å². The number of nitrogens with zero attached hydrogens (tertiary/aromatic N) is 2. The smallest absolute Gasteiger partial charge is 0.257 e. The Balaban J connectivity index is 1.59. The van der Waals surface area contributed by atoms with E-state index in [1.54, 1.807) is 23.1 Å². The van der Waals surface area contributed by atoms with Crippen LogP contribution in [0.1, 0.15) is 28.8 Å². The molecule has 0 radical (unpaired) electrons. The molecule has 0 unspecified atom stereocenters. The molecule has 6 heteroatoms. The largest absolute Gasteiger partial charge is 0.507 e. The highest BCUT2D eigenvalue weighted by atomic mass is 16.5. The lowest BCUT2D eigenvalue weighted by Gasteiger charge is -2.35. The molecule has 0 spiro atoms. The van der Waals surface area contributed by atoms with Crippen LogP contribution < -0.4 is 0 Å². The Hall–Kier alpha value is -2.08. The van der Waals surface area contributed by atoms with Crippen molar-refractivity contribution in [3.63, 3.8) is 0 Å². The summed E-state index contributed by atoms with van der Waals surface area (Å²) in [5.41, 5.74) is 1.28. The third kappa shape index (κ3) is 3.53. The van der Waals surface area contributed by atoms with Gasteiger partial charge >= 0.3 is 0 Å². The highest BCUT2D eigenvalue weighted by molar-refractivity contribution is 5.97. The van der Waals surface area contributed by atoms with E-state index in [1.807, 2.05) is 11.8 Å². The predicted molar refractivity (Wildman–Crippen MR) is 88.9 cm³/mol. The minimum Gasteiger partial charge on any atom is -0.507 e. The van der Waals surface area contributed by atoms with Crippen LogP contribution in [0.15, 0.2) is 18.2 Å². The molecule has 0 bridgehead atoms. The van der Waals surface area contributed by atoms with Crippen LogP contribution in [-0.4, -0.2) is 66.1 Å². The quantitative estimate of drug-likeness (QED) is 0.889. The number of benzene rings is 1. The molecule has 0 aromatic heterocycles. The first-order valence-corrected chi connectivity index (χ1v) is 8.51. The van der Waals surface area contributed by atoms with Crippen molar-refractivity contribution in [1.82, 2.24) is 9.80 Å². The third-order valence-corrected chi connectivity index (χ3v) is 4.84. The Labute approximate surface area is 142 Å². The van der Waals surface area contributed by atoms with Crippen LogP contribution in [0.3, 0.4) is 0 Å². The minimum atomic E-state index is -0.159. The first-order chi connectivity index (χ1) is 11.6. The van der Waals surface area contributed by atoms with Gasteiger partial charge in [-0.1, -0.05) is 11.6 Å². The van der Waals surface area contributed by atoms with Crippen LogP contribution in [0.5, 0.6) is 5.75 Å². The summed E-state index contributed by atoms with van der Waals surface area (Å²) >= 11 is 0. The number of phenols is 1. The van der Waals surface area contributed by atoms with Gasteiger partial charge in [0.1, 0.15) is 5.75 Å². The van der Waals surface area contributed by atoms with Crippen molar-refractivity contribution in [1.29, 1.82) is 0 Å². The highest BCUT2D eigenvalue weighted by Gasteiger charge is 2.31. The second-order valence-electron chi connectivity index (χ2n) is 6.52. The number of amides is 2. The lowest BCUT2D eigenvalue weighted by Crippen LogP contribution is -2.47. The summed E-state index contributed by atoms with van der Waals surface area (Å²) in [6, 6.07) is 5.04. The normalized spacial score (nSPS) is 19.4. The first kappa shape index (κ1) is 16.8. The molecule has 1 aromatic rings. The average molecular weight is 332 g/mol. The summed E-state index contributed by atoms with van der Waals surface area (Å²) in [5, 5.41) is 9.93. The van der Waals surface area contributed by atoms with Crippen LogP contribution in [0.4, 0.5) is 0 Å². The van der Waals surface area contributed by atoms with Gasteiger partial charge in [0.25, 0.3) is 5.91 Å². The molecule has 2 heterocycles. The molecular formula is C18H24N2O4. The number of hydrogen-bond acceptors (Lipinski definition) is 4. The molecule has 2 fully saturated rings. The van der Waals surface area contributed by atoms with Crippen molar-refractivity contribution in [2.45, 2.75) is 19.8 Å². The molecule has 2 aliphatic rings. The van der Waals surface area contributed by atoms with Gasteiger partial charge in [0.05, 0.1) is 18.8 Å². The molecule has 0 saturated carbocycles. The minimum absolute atomic E-state index is 0.0112. The van der Waals surface area contributed by atoms with Crippen molar-refractivity contribution in [3.8, 4) is 5.75 Å². The molecule has 2 aliphatic heterocycles. The molecular weight excluding hydrogens is 308 g/mol. The maximum atomic E-state index is 12.6. The molecule has 1 N–H and O–H groups in total. The number of carbonyl (C=O) groups excluding carboxylic acids is 2. The van der Waals surface area contributed by atoms with E-state index in [2.05, 4.69) is 0 Å². The van der Waals surface area contributed by atoms with Gasteiger partial charge in [-0.15, -0.1) is 0 Å². The second kappa shape index (κ2) is 7.21. The average Bonchev–Trinajstić information content (AvgIpc) is 2.63. The SMILES string of the molecule is Cc1ccc(O)c(C(=O)N2CCC(C(=O)N3CCOCC3)CC2)c1. The molecule has 130 valence electrons. The molecule has 2 amide bonds. The first-order valence-electron chi connectivity index (χ1n) is 8.51. The molecule has 2 saturated heterocycles. The zero-order valence-electron chi connectivity index (χ0n) is 14.0. The summed E-state index contributed by atoms with van der Waals surface area (Å²) in [5.74, 6) is 0.0210. The van der Waals surface area contributed by atoms with Crippen molar-refractivity contribution in [2.75, 3.05) is 39.4 Å². The number of morpholine rings is 1. The fourth-order valence-corrected chi connectivity index (χ4v) is 3.36. The summed E-state index contributed by atoms with van der Waals surface area (Å²) in [4.78, 5) is 28.7. The van der Waals surface area contributed by atoms with E-state index in [4.69, 9.17) is 4.74 Å². The van der Waals surface area contributed by atoms with E-state index in [0.717, 1.165) is 5.56 Å². The van der Waals surface area contributed by atoms with Crippen LogP contribution in [-0.2, 0) is 9.53 Å². The van der Waals surface area contributed by atoms with Crippen LogP contribution in [0.25, 0.3) is 0 Å². The highest BCUT2D eigenvalue weighted by Crippen LogP contribution is 2.25. The summed E-state index contributed by atoms with van der Waals surface area (Å²) in [6.07, 6.45) is 1.35. The second-order valence-corrected chi connectivity index (χ2v) is 6.52.